The van der Waals surface area contributed by atoms with Crippen LogP contribution in [-0.4, -0.2) is 91.1 Å². The van der Waals surface area contributed by atoms with Gasteiger partial charge >= 0.3 is 5.97 Å². The third kappa shape index (κ3) is 8.31. The average Bonchev–Trinajstić information content (AvgIpc) is 3.58. The Hall–Kier alpha value is -3.88. The number of carbonyl (C=O) groups is 4. The Balaban J connectivity index is 1.82. The van der Waals surface area contributed by atoms with Gasteiger partial charge in [0.15, 0.2) is 6.04 Å². The number of imidazole rings is 1. The molecule has 0 saturated heterocycles. The molecule has 3 rings (SSSR count). The molecule has 0 radical (unpaired) electrons. The first-order valence-electron chi connectivity index (χ1n) is 12.7. The Morgan fingerprint density at radius 3 is 2.38 bits per heavy atom. The number of aliphatic hydroxyl groups is 1. The van der Waals surface area contributed by atoms with E-state index in [1.54, 1.807) is 12.4 Å². The van der Waals surface area contributed by atoms with Crippen LogP contribution in [0.1, 0.15) is 24.6 Å². The summed E-state index contributed by atoms with van der Waals surface area (Å²) in [4.78, 5) is 61.0. The van der Waals surface area contributed by atoms with Crippen LogP contribution in [0.5, 0.6) is 0 Å². The van der Waals surface area contributed by atoms with Crippen LogP contribution in [0.4, 0.5) is 0 Å². The largest absolute Gasteiger partial charge is 0.480 e. The van der Waals surface area contributed by atoms with Crippen LogP contribution >= 0.6 is 11.8 Å². The number of nitrogens with two attached hydrogens (primary N) is 1. The summed E-state index contributed by atoms with van der Waals surface area (Å²) in [7, 11) is 0. The second kappa shape index (κ2) is 14.5. The first-order valence-corrected chi connectivity index (χ1v) is 14.1. The maximum absolute atomic E-state index is 13.6. The maximum atomic E-state index is 13.6. The lowest BCUT2D eigenvalue weighted by atomic mass is 10.0. The molecule has 0 saturated carbocycles. The van der Waals surface area contributed by atoms with Gasteiger partial charge in [-0.1, -0.05) is 18.2 Å². The molecule has 216 valence electrons. The molecule has 14 heteroatoms. The fraction of sp³-hybridized carbons (Fsp3) is 0.423. The van der Waals surface area contributed by atoms with Crippen molar-refractivity contribution in [3.63, 3.8) is 0 Å². The topological polar surface area (TPSA) is 215 Å². The van der Waals surface area contributed by atoms with Crippen LogP contribution in [0.25, 0.3) is 10.9 Å². The molecule has 5 unspecified atom stereocenters. The van der Waals surface area contributed by atoms with Gasteiger partial charge in [0, 0.05) is 41.8 Å². The lowest BCUT2D eigenvalue weighted by Gasteiger charge is -2.25. The van der Waals surface area contributed by atoms with Crippen LogP contribution in [0.2, 0.25) is 0 Å². The molecule has 5 atom stereocenters. The Kier molecular flexibility index (Phi) is 11.1. The number of fused-ring (bicyclic) bond motifs is 1. The highest BCUT2D eigenvalue weighted by atomic mass is 32.2. The normalized spacial score (nSPS) is 15.0. The molecule has 2 heterocycles. The Bertz CT molecular complexity index is 1300. The van der Waals surface area contributed by atoms with Gasteiger partial charge in [0.25, 0.3) is 0 Å². The lowest BCUT2D eigenvalue weighted by molar-refractivity contribution is -0.145. The zero-order valence-corrected chi connectivity index (χ0v) is 23.0. The molecule has 0 aliphatic rings. The number of carboxylic acids is 1. The second-order valence-corrected chi connectivity index (χ2v) is 10.4. The van der Waals surface area contributed by atoms with Gasteiger partial charge in [0.05, 0.1) is 18.5 Å². The lowest BCUT2D eigenvalue weighted by Crippen LogP contribution is -2.58. The van der Waals surface area contributed by atoms with Crippen molar-refractivity contribution >= 4 is 46.4 Å². The van der Waals surface area contributed by atoms with E-state index in [1.165, 1.54) is 25.0 Å². The van der Waals surface area contributed by atoms with Gasteiger partial charge < -0.3 is 41.9 Å². The molecule has 0 spiro atoms. The number of aromatic amines is 2. The monoisotopic (exact) mass is 573 g/mol. The van der Waals surface area contributed by atoms with Crippen molar-refractivity contribution in [1.29, 1.82) is 0 Å². The number of amides is 3. The van der Waals surface area contributed by atoms with Crippen molar-refractivity contribution in [1.82, 2.24) is 30.9 Å². The molecule has 40 heavy (non-hydrogen) atoms. The minimum absolute atomic E-state index is 0.0979. The minimum atomic E-state index is -1.55. The number of hydrogen-bond acceptors (Lipinski definition) is 8. The zero-order valence-electron chi connectivity index (χ0n) is 22.2. The summed E-state index contributed by atoms with van der Waals surface area (Å²) in [5, 5.41) is 27.7. The number of rotatable bonds is 15. The number of thioether (sulfide) groups is 1. The third-order valence-corrected chi connectivity index (χ3v) is 7.00. The third-order valence-electron chi connectivity index (χ3n) is 6.35. The van der Waals surface area contributed by atoms with Crippen molar-refractivity contribution in [2.75, 3.05) is 12.0 Å². The number of H-pyrrole nitrogens is 2. The van der Waals surface area contributed by atoms with E-state index in [4.69, 9.17) is 5.73 Å². The molecular formula is C26H35N7O6S. The first-order chi connectivity index (χ1) is 19.1. The van der Waals surface area contributed by atoms with Gasteiger partial charge in [0.2, 0.25) is 17.7 Å². The number of nitrogens with one attached hydrogen (secondary N) is 5. The number of benzene rings is 1. The zero-order chi connectivity index (χ0) is 29.2. The van der Waals surface area contributed by atoms with Gasteiger partial charge in [0.1, 0.15) is 12.1 Å². The predicted octanol–water partition coefficient (Wildman–Crippen LogP) is -0.324. The van der Waals surface area contributed by atoms with Crippen molar-refractivity contribution in [2.24, 2.45) is 5.73 Å². The van der Waals surface area contributed by atoms with E-state index in [-0.39, 0.29) is 19.3 Å². The number of aliphatic hydroxyl groups excluding tert-OH is 1. The number of carboxylic acid groups (broad SMARTS) is 1. The number of carbonyl (C=O) groups excluding carboxylic acids is 3. The SMILES string of the molecule is CSCCC(NC(=O)C(Cc1c[nH]c2ccccc12)NC(=O)C(N)Cc1cnc[nH]1)C(=O)NC(C(=O)O)C(C)O. The van der Waals surface area contributed by atoms with E-state index in [2.05, 4.69) is 30.9 Å². The van der Waals surface area contributed by atoms with E-state index in [1.807, 2.05) is 30.5 Å². The smallest absolute Gasteiger partial charge is 0.328 e. The van der Waals surface area contributed by atoms with E-state index in [0.717, 1.165) is 16.5 Å². The van der Waals surface area contributed by atoms with Crippen molar-refractivity contribution in [2.45, 2.75) is 56.5 Å². The molecule has 3 amide bonds. The van der Waals surface area contributed by atoms with Crippen molar-refractivity contribution in [3.8, 4) is 0 Å². The number of nitrogens with zero attached hydrogens (tertiary/aromatic N) is 1. The average molecular weight is 574 g/mol. The highest BCUT2D eigenvalue weighted by Gasteiger charge is 2.32. The minimum Gasteiger partial charge on any atom is -0.480 e. The maximum Gasteiger partial charge on any atom is 0.328 e. The molecule has 2 aromatic heterocycles. The van der Waals surface area contributed by atoms with Crippen LogP contribution in [0, 0.1) is 0 Å². The highest BCUT2D eigenvalue weighted by molar-refractivity contribution is 7.98. The van der Waals surface area contributed by atoms with E-state index < -0.39 is 54.0 Å². The summed E-state index contributed by atoms with van der Waals surface area (Å²) in [5.41, 5.74) is 8.38. The summed E-state index contributed by atoms with van der Waals surface area (Å²) in [6.45, 7) is 1.24. The van der Waals surface area contributed by atoms with Crippen LogP contribution in [-0.2, 0) is 32.0 Å². The number of hydrogen-bond donors (Lipinski definition) is 8. The Morgan fingerprint density at radius 2 is 1.73 bits per heavy atom. The predicted molar refractivity (Wildman–Crippen MR) is 150 cm³/mol. The van der Waals surface area contributed by atoms with E-state index >= 15 is 0 Å². The van der Waals surface area contributed by atoms with Crippen LogP contribution < -0.4 is 21.7 Å². The van der Waals surface area contributed by atoms with E-state index in [9.17, 15) is 29.4 Å². The molecule has 3 aromatic rings. The van der Waals surface area contributed by atoms with Crippen LogP contribution in [0.15, 0.2) is 43.0 Å². The summed E-state index contributed by atoms with van der Waals surface area (Å²) >= 11 is 1.44. The Morgan fingerprint density at radius 1 is 1.02 bits per heavy atom. The standard InChI is InChI=1S/C26H35N7O6S/c1-14(34)22(26(38)39)33-24(36)20(7-8-40-2)31-25(37)21(9-15-11-29-19-6-4-3-5-17(15)19)32-23(35)18(27)10-16-12-28-13-30-16/h3-6,11-14,18,20-22,29,34H,7-10,27H2,1-2H3,(H,28,30)(H,31,37)(H,32,35)(H,33,36)(H,38,39). The quantitative estimate of drug-likeness (QED) is 0.119. The van der Waals surface area contributed by atoms with E-state index in [0.29, 0.717) is 11.4 Å². The summed E-state index contributed by atoms with van der Waals surface area (Å²) < 4.78 is 0. The highest BCUT2D eigenvalue weighted by Crippen LogP contribution is 2.19. The summed E-state index contributed by atoms with van der Waals surface area (Å²) in [5.74, 6) is -2.89. The molecular weight excluding hydrogens is 538 g/mol. The molecule has 0 bridgehead atoms. The van der Waals surface area contributed by atoms with Gasteiger partial charge in [-0.3, -0.25) is 14.4 Å². The van der Waals surface area contributed by atoms with Gasteiger partial charge in [-0.05, 0) is 37.0 Å². The van der Waals surface area contributed by atoms with Gasteiger partial charge in [-0.2, -0.15) is 11.8 Å². The fourth-order valence-electron chi connectivity index (χ4n) is 4.15. The summed E-state index contributed by atoms with van der Waals surface area (Å²) in [6.07, 6.45) is 5.70. The molecule has 9 N–H and O–H groups in total. The molecule has 13 nitrogen and oxygen atoms in total. The molecule has 0 fully saturated rings. The summed E-state index contributed by atoms with van der Waals surface area (Å²) in [6, 6.07) is 2.76. The molecule has 1 aromatic carbocycles. The molecule has 0 aliphatic carbocycles. The molecule has 0 aliphatic heterocycles. The van der Waals surface area contributed by atoms with Gasteiger partial charge in [-0.15, -0.1) is 0 Å². The van der Waals surface area contributed by atoms with Crippen LogP contribution in [0.3, 0.4) is 0 Å². The van der Waals surface area contributed by atoms with Crippen molar-refractivity contribution < 1.29 is 29.4 Å². The number of para-hydroxylation sites is 1. The number of aromatic nitrogens is 3. The first kappa shape index (κ1) is 30.7. The Labute approximate surface area is 235 Å². The number of aliphatic carboxylic acids is 1. The van der Waals surface area contributed by atoms with Crippen molar-refractivity contribution in [3.05, 3.63) is 54.2 Å². The van der Waals surface area contributed by atoms with Gasteiger partial charge in [-0.25, -0.2) is 9.78 Å². The second-order valence-electron chi connectivity index (χ2n) is 9.42. The fourth-order valence-corrected chi connectivity index (χ4v) is 4.63.